The molecule has 0 amide bonds. The SMILES string of the molecule is CCC(C)N1CCN(S(=O)(=O)c2cc(C)c(CCl)s2)CC1. The molecule has 1 fully saturated rings. The van der Waals surface area contributed by atoms with Gasteiger partial charge < -0.3 is 0 Å². The zero-order valence-electron chi connectivity index (χ0n) is 12.8. The van der Waals surface area contributed by atoms with Crippen molar-refractivity contribution in [2.24, 2.45) is 0 Å². The number of hydrogen-bond donors (Lipinski definition) is 0. The van der Waals surface area contributed by atoms with Gasteiger partial charge in [-0.05, 0) is 31.9 Å². The van der Waals surface area contributed by atoms with E-state index in [0.29, 0.717) is 29.2 Å². The highest BCUT2D eigenvalue weighted by molar-refractivity contribution is 7.91. The van der Waals surface area contributed by atoms with Gasteiger partial charge in [0.1, 0.15) is 4.21 Å². The Hall–Kier alpha value is -0.140. The third-order valence-corrected chi connectivity index (χ3v) is 8.21. The zero-order chi connectivity index (χ0) is 15.6. The van der Waals surface area contributed by atoms with Crippen LogP contribution in [0.5, 0.6) is 0 Å². The van der Waals surface area contributed by atoms with E-state index < -0.39 is 10.0 Å². The molecule has 1 aliphatic rings. The van der Waals surface area contributed by atoms with Crippen molar-refractivity contribution in [2.45, 2.75) is 43.3 Å². The fourth-order valence-corrected chi connectivity index (χ4v) is 5.91. The number of aryl methyl sites for hydroxylation is 1. The molecule has 1 aromatic rings. The summed E-state index contributed by atoms with van der Waals surface area (Å²) in [6, 6.07) is 2.26. The van der Waals surface area contributed by atoms with E-state index in [-0.39, 0.29) is 0 Å². The van der Waals surface area contributed by atoms with Crippen molar-refractivity contribution in [1.29, 1.82) is 0 Å². The second-order valence-electron chi connectivity index (χ2n) is 5.50. The van der Waals surface area contributed by atoms with Crippen LogP contribution in [0.2, 0.25) is 0 Å². The summed E-state index contributed by atoms with van der Waals surface area (Å²) in [5.74, 6) is 0.369. The molecule has 120 valence electrons. The lowest BCUT2D eigenvalue weighted by Crippen LogP contribution is -2.50. The van der Waals surface area contributed by atoms with E-state index in [0.717, 1.165) is 30.0 Å². The molecule has 7 heteroatoms. The minimum absolute atomic E-state index is 0.369. The largest absolute Gasteiger partial charge is 0.298 e. The van der Waals surface area contributed by atoms with Gasteiger partial charge in [-0.3, -0.25) is 4.90 Å². The average molecular weight is 351 g/mol. The molecule has 0 aliphatic carbocycles. The Morgan fingerprint density at radius 3 is 2.43 bits per heavy atom. The predicted molar refractivity (Wildman–Crippen MR) is 88.7 cm³/mol. The molecule has 1 aliphatic heterocycles. The highest BCUT2D eigenvalue weighted by Crippen LogP contribution is 2.30. The van der Waals surface area contributed by atoms with E-state index in [1.54, 1.807) is 10.4 Å². The van der Waals surface area contributed by atoms with Crippen LogP contribution in [0.1, 0.15) is 30.7 Å². The first kappa shape index (κ1) is 17.2. The van der Waals surface area contributed by atoms with Gasteiger partial charge in [0, 0.05) is 37.1 Å². The molecule has 0 radical (unpaired) electrons. The van der Waals surface area contributed by atoms with Crippen molar-refractivity contribution in [3.63, 3.8) is 0 Å². The Labute approximate surface area is 136 Å². The Morgan fingerprint density at radius 2 is 1.95 bits per heavy atom. The number of nitrogens with zero attached hydrogens (tertiary/aromatic N) is 2. The van der Waals surface area contributed by atoms with E-state index in [2.05, 4.69) is 18.7 Å². The van der Waals surface area contributed by atoms with Gasteiger partial charge >= 0.3 is 0 Å². The van der Waals surface area contributed by atoms with Crippen LogP contribution >= 0.6 is 22.9 Å². The maximum atomic E-state index is 12.7. The number of alkyl halides is 1. The van der Waals surface area contributed by atoms with Crippen LogP contribution < -0.4 is 0 Å². The van der Waals surface area contributed by atoms with Crippen LogP contribution in [0.25, 0.3) is 0 Å². The van der Waals surface area contributed by atoms with Crippen molar-refractivity contribution in [1.82, 2.24) is 9.21 Å². The summed E-state index contributed by atoms with van der Waals surface area (Å²) >= 11 is 7.14. The van der Waals surface area contributed by atoms with Gasteiger partial charge in [0.05, 0.1) is 5.88 Å². The number of thiophene rings is 1. The zero-order valence-corrected chi connectivity index (χ0v) is 15.2. The van der Waals surface area contributed by atoms with Crippen molar-refractivity contribution in [3.8, 4) is 0 Å². The molecule has 1 unspecified atom stereocenters. The van der Waals surface area contributed by atoms with Gasteiger partial charge in [-0.2, -0.15) is 4.31 Å². The summed E-state index contributed by atoms with van der Waals surface area (Å²) in [6.07, 6.45) is 1.09. The molecular weight excluding hydrogens is 328 g/mol. The molecule has 2 rings (SSSR count). The average Bonchev–Trinajstić information content (AvgIpc) is 2.88. The van der Waals surface area contributed by atoms with Crippen LogP contribution in [0.4, 0.5) is 0 Å². The second kappa shape index (κ2) is 6.96. The second-order valence-corrected chi connectivity index (χ2v) is 9.07. The molecule has 0 saturated carbocycles. The van der Waals surface area contributed by atoms with Gasteiger partial charge in [-0.25, -0.2) is 8.42 Å². The van der Waals surface area contributed by atoms with Crippen LogP contribution in [-0.4, -0.2) is 49.8 Å². The molecule has 0 spiro atoms. The van der Waals surface area contributed by atoms with Crippen molar-refractivity contribution in [3.05, 3.63) is 16.5 Å². The standard InChI is InChI=1S/C14H23ClN2O2S2/c1-4-12(3)16-5-7-17(8-6-16)21(18,19)14-9-11(2)13(10-15)20-14/h9,12H,4-8,10H2,1-3H3. The first-order valence-corrected chi connectivity index (χ1v) is 10.1. The molecule has 2 heterocycles. The summed E-state index contributed by atoms with van der Waals surface area (Å²) in [6.45, 7) is 9.02. The lowest BCUT2D eigenvalue weighted by molar-refractivity contribution is 0.143. The van der Waals surface area contributed by atoms with Gasteiger partial charge in [0.2, 0.25) is 0 Å². The van der Waals surface area contributed by atoms with Crippen LogP contribution in [0, 0.1) is 6.92 Å². The quantitative estimate of drug-likeness (QED) is 0.767. The van der Waals surface area contributed by atoms with E-state index >= 15 is 0 Å². The summed E-state index contributed by atoms with van der Waals surface area (Å²) in [5, 5.41) is 0. The lowest BCUT2D eigenvalue weighted by atomic mass is 10.2. The molecule has 0 N–H and O–H groups in total. The molecule has 1 atom stereocenters. The monoisotopic (exact) mass is 350 g/mol. The topological polar surface area (TPSA) is 40.6 Å². The number of rotatable bonds is 5. The van der Waals surface area contributed by atoms with Crippen molar-refractivity contribution >= 4 is 33.0 Å². The lowest BCUT2D eigenvalue weighted by Gasteiger charge is -2.36. The third-order valence-electron chi connectivity index (χ3n) is 4.20. The number of sulfonamides is 1. The van der Waals surface area contributed by atoms with Gasteiger partial charge in [-0.15, -0.1) is 22.9 Å². The van der Waals surface area contributed by atoms with Crippen LogP contribution in [-0.2, 0) is 15.9 Å². The number of hydrogen-bond acceptors (Lipinski definition) is 4. The normalized spacial score (nSPS) is 19.8. The van der Waals surface area contributed by atoms with Crippen molar-refractivity contribution in [2.75, 3.05) is 26.2 Å². The summed E-state index contributed by atoms with van der Waals surface area (Å²) in [5.41, 5.74) is 0.965. The summed E-state index contributed by atoms with van der Waals surface area (Å²) < 4.78 is 27.4. The Balaban J connectivity index is 2.11. The number of piperazine rings is 1. The van der Waals surface area contributed by atoms with E-state index in [9.17, 15) is 8.42 Å². The van der Waals surface area contributed by atoms with Gasteiger partial charge in [0.15, 0.2) is 0 Å². The van der Waals surface area contributed by atoms with Crippen LogP contribution in [0.3, 0.4) is 0 Å². The van der Waals surface area contributed by atoms with E-state index in [1.165, 1.54) is 11.3 Å². The molecule has 1 saturated heterocycles. The first-order valence-electron chi connectivity index (χ1n) is 7.29. The summed E-state index contributed by atoms with van der Waals surface area (Å²) in [7, 11) is -3.36. The Morgan fingerprint density at radius 1 is 1.33 bits per heavy atom. The highest BCUT2D eigenvalue weighted by Gasteiger charge is 2.31. The Bertz CT molecular complexity index is 578. The fraction of sp³-hybridized carbons (Fsp3) is 0.714. The number of halogens is 1. The Kier molecular flexibility index (Phi) is 5.71. The van der Waals surface area contributed by atoms with Crippen LogP contribution in [0.15, 0.2) is 10.3 Å². The maximum absolute atomic E-state index is 12.7. The molecule has 21 heavy (non-hydrogen) atoms. The third kappa shape index (κ3) is 3.62. The summed E-state index contributed by atoms with van der Waals surface area (Å²) in [4.78, 5) is 3.30. The predicted octanol–water partition coefficient (Wildman–Crippen LogP) is 2.90. The highest BCUT2D eigenvalue weighted by atomic mass is 35.5. The van der Waals surface area contributed by atoms with Crippen molar-refractivity contribution < 1.29 is 8.42 Å². The molecule has 4 nitrogen and oxygen atoms in total. The maximum Gasteiger partial charge on any atom is 0.252 e. The van der Waals surface area contributed by atoms with E-state index in [1.807, 2.05) is 6.92 Å². The molecular formula is C14H23ClN2O2S2. The minimum atomic E-state index is -3.36. The first-order chi connectivity index (χ1) is 9.90. The van der Waals surface area contributed by atoms with Gasteiger partial charge in [0.25, 0.3) is 10.0 Å². The molecule has 0 bridgehead atoms. The minimum Gasteiger partial charge on any atom is -0.298 e. The smallest absolute Gasteiger partial charge is 0.252 e. The fourth-order valence-electron chi connectivity index (χ4n) is 2.52. The van der Waals surface area contributed by atoms with E-state index in [4.69, 9.17) is 11.6 Å². The van der Waals surface area contributed by atoms with Gasteiger partial charge in [-0.1, -0.05) is 6.92 Å². The molecule has 0 aromatic carbocycles. The molecule has 1 aromatic heterocycles.